The molecule has 0 radical (unpaired) electrons. The van der Waals surface area contributed by atoms with Crippen molar-refractivity contribution in [2.24, 2.45) is 46.6 Å². The SMILES string of the molecule is CCCC[C@H](NC(=O)C[C@H](CCCCN)NC(=O)[C@H](CCCC)NC(=O)[C@H](CO)NC(=O)[C@@H](NC(=O)C[C@H](C)NC(=O)[C@@H](NC(=O)[C@H](CO)NC(=O)[C@H](CCC(N)=O)NC(=O)C[C@@H](NC(=O)[C@@H](NC(=O)[C@H](CCCCN)NC(=O)[C@@H]1CCCN1C(C)=O)[C@@H](C)CC)[C@@H](C)CC)C(C)C)[C@@H](C)CC)C(N)=O. The number of aliphatic hydroxyl groups excluding tert-OH is 2. The Kier molecular flexibility index (Phi) is 46.3. The molecule has 0 aromatic heterocycles. The van der Waals surface area contributed by atoms with Crippen LogP contribution in [0.15, 0.2) is 0 Å². The van der Waals surface area contributed by atoms with E-state index in [9.17, 15) is 82.1 Å². The van der Waals surface area contributed by atoms with E-state index in [0.717, 1.165) is 6.42 Å². The molecule has 0 bridgehead atoms. The standard InChI is InChI=1S/C71H129N17O17/c1-13-18-26-47(62(75)96)78-57(94)36-46(25-20-22-32-72)77-63(97)48(27-19-14-2)80-66(100)52(38-89)84-70(104)60(42(9)16-4)85-56(93)35-44(11)76-69(103)59(40(6)7)86-67(101)53(39-90)83-64(98)50(30-31-55(74)92)79-58(95)37-51(41(8)15-3)82-71(105)61(43(10)17-5)87-65(99)49(28-21-23-33-73)81-68(102)54-29-24-34-88(54)45(12)91/h40-44,46-54,59-61,89-90H,13-39,72-73H2,1-12H3,(H2,74,92)(H2,75,96)(H,76,103)(H,77,97)(H,78,94)(H,79,95)(H,80,100)(H,81,102)(H,82,105)(H,83,98)(H,84,104)(H,85,93)(H,86,101)(H,87,99)/t41-,42-,43-,44-,46-,47-,48-,49-,50-,51+,52-,53-,54-,59-,60-,61-/m0/s1. The van der Waals surface area contributed by atoms with Gasteiger partial charge in [0.2, 0.25) is 88.6 Å². The van der Waals surface area contributed by atoms with Crippen molar-refractivity contribution in [3.63, 3.8) is 0 Å². The third kappa shape index (κ3) is 35.2. The van der Waals surface area contributed by atoms with Crippen LogP contribution < -0.4 is 86.7 Å². The second-order valence-corrected chi connectivity index (χ2v) is 28.2. The molecule has 34 nitrogen and oxygen atoms in total. The number of hydrogen-bond donors (Lipinski definition) is 18. The maximum Gasteiger partial charge on any atom is 0.245 e. The molecule has 1 saturated heterocycles. The number of primary amides is 2. The predicted octanol–water partition coefficient (Wildman–Crippen LogP) is -1.83. The van der Waals surface area contributed by atoms with Crippen molar-refractivity contribution in [3.8, 4) is 0 Å². The average Bonchev–Trinajstić information content (AvgIpc) is 1.83. The van der Waals surface area contributed by atoms with Gasteiger partial charge in [0, 0.05) is 57.3 Å². The summed E-state index contributed by atoms with van der Waals surface area (Å²) >= 11 is 0. The molecule has 22 N–H and O–H groups in total. The van der Waals surface area contributed by atoms with E-state index in [2.05, 4.69) is 63.8 Å². The van der Waals surface area contributed by atoms with Gasteiger partial charge in [0.25, 0.3) is 0 Å². The molecular formula is C71H129N17O17. The summed E-state index contributed by atoms with van der Waals surface area (Å²) in [6, 6.07) is -15.1. The van der Waals surface area contributed by atoms with Gasteiger partial charge in [0.05, 0.1) is 13.2 Å². The molecule has 1 heterocycles. The summed E-state index contributed by atoms with van der Waals surface area (Å²) < 4.78 is 0. The van der Waals surface area contributed by atoms with E-state index < -0.39 is 211 Å². The van der Waals surface area contributed by atoms with Crippen LogP contribution in [0.5, 0.6) is 0 Å². The third-order valence-corrected chi connectivity index (χ3v) is 19.1. The molecule has 105 heavy (non-hydrogen) atoms. The molecule has 1 fully saturated rings. The fourth-order valence-corrected chi connectivity index (χ4v) is 11.9. The van der Waals surface area contributed by atoms with E-state index in [0.29, 0.717) is 110 Å². The first-order chi connectivity index (χ1) is 49.6. The normalized spacial score (nSPS) is 17.0. The van der Waals surface area contributed by atoms with Crippen molar-refractivity contribution in [1.29, 1.82) is 0 Å². The Morgan fingerprint density at radius 3 is 1.38 bits per heavy atom. The Morgan fingerprint density at radius 2 is 0.857 bits per heavy atom. The van der Waals surface area contributed by atoms with Gasteiger partial charge in [-0.3, -0.25) is 71.9 Å². The van der Waals surface area contributed by atoms with Crippen molar-refractivity contribution in [2.75, 3.05) is 32.8 Å². The molecule has 1 aliphatic rings. The highest BCUT2D eigenvalue weighted by Crippen LogP contribution is 2.20. The van der Waals surface area contributed by atoms with Crippen LogP contribution in [-0.4, -0.2) is 215 Å². The molecule has 0 aliphatic carbocycles. The first-order valence-corrected chi connectivity index (χ1v) is 37.7. The maximum absolute atomic E-state index is 14.3. The zero-order valence-electron chi connectivity index (χ0n) is 64.2. The van der Waals surface area contributed by atoms with Crippen LogP contribution >= 0.6 is 0 Å². The lowest BCUT2D eigenvalue weighted by Gasteiger charge is -2.31. The highest BCUT2D eigenvalue weighted by molar-refractivity contribution is 5.98. The smallest absolute Gasteiger partial charge is 0.245 e. The molecular weight excluding hydrogens is 1360 g/mol. The number of nitrogens with zero attached hydrogens (tertiary/aromatic N) is 1. The topological polar surface area (TPSA) is 548 Å². The molecule has 600 valence electrons. The average molecular weight is 1490 g/mol. The van der Waals surface area contributed by atoms with Crippen LogP contribution in [0.25, 0.3) is 0 Å². The lowest BCUT2D eigenvalue weighted by Crippen LogP contribution is -2.60. The van der Waals surface area contributed by atoms with Crippen LogP contribution in [0.1, 0.15) is 224 Å². The van der Waals surface area contributed by atoms with Gasteiger partial charge in [-0.05, 0) is 108 Å². The fraction of sp³-hybridized carbons (Fsp3) is 0.789. The summed E-state index contributed by atoms with van der Waals surface area (Å²) in [5.41, 5.74) is 22.5. The van der Waals surface area contributed by atoms with E-state index in [-0.39, 0.29) is 37.5 Å². The summed E-state index contributed by atoms with van der Waals surface area (Å²) in [5.74, 6) is -12.9. The number of unbranched alkanes of at least 4 members (excludes halogenated alkanes) is 4. The summed E-state index contributed by atoms with van der Waals surface area (Å²) in [6.07, 6.45) is 6.12. The van der Waals surface area contributed by atoms with Gasteiger partial charge in [0.1, 0.15) is 60.4 Å². The Morgan fingerprint density at radius 1 is 0.429 bits per heavy atom. The van der Waals surface area contributed by atoms with Gasteiger partial charge in [-0.2, -0.15) is 0 Å². The van der Waals surface area contributed by atoms with Crippen molar-refractivity contribution >= 4 is 88.6 Å². The number of carbonyl (C=O) groups excluding carboxylic acids is 15. The Labute approximate surface area is 619 Å². The Bertz CT molecular complexity index is 2820. The number of amides is 15. The lowest BCUT2D eigenvalue weighted by atomic mass is 9.93. The first kappa shape index (κ1) is 94.9. The Balaban J connectivity index is 3.26. The van der Waals surface area contributed by atoms with Crippen LogP contribution in [0, 0.1) is 23.7 Å². The highest BCUT2D eigenvalue weighted by atomic mass is 16.3. The molecule has 34 heteroatoms. The number of nitrogens with one attached hydrogen (secondary N) is 12. The second kappa shape index (κ2) is 51.2. The minimum atomic E-state index is -1.74. The zero-order chi connectivity index (χ0) is 79.6. The molecule has 16 atom stereocenters. The number of aliphatic hydroxyl groups is 2. The van der Waals surface area contributed by atoms with Crippen molar-refractivity contribution in [1.82, 2.24) is 68.7 Å². The molecule has 0 aromatic rings. The van der Waals surface area contributed by atoms with Gasteiger partial charge in [-0.15, -0.1) is 0 Å². The van der Waals surface area contributed by atoms with Crippen molar-refractivity contribution < 1.29 is 82.1 Å². The quantitative estimate of drug-likeness (QED) is 0.0298. The monoisotopic (exact) mass is 1490 g/mol. The highest BCUT2D eigenvalue weighted by Gasteiger charge is 2.39. The largest absolute Gasteiger partial charge is 0.394 e. The van der Waals surface area contributed by atoms with Gasteiger partial charge >= 0.3 is 0 Å². The van der Waals surface area contributed by atoms with Gasteiger partial charge in [-0.25, -0.2) is 0 Å². The number of rotatable bonds is 54. The molecule has 0 spiro atoms. The maximum atomic E-state index is 14.3. The minimum Gasteiger partial charge on any atom is -0.394 e. The van der Waals surface area contributed by atoms with E-state index in [4.69, 9.17) is 22.9 Å². The van der Waals surface area contributed by atoms with E-state index in [1.165, 1.54) is 18.7 Å². The summed E-state index contributed by atoms with van der Waals surface area (Å²) in [7, 11) is 0. The lowest BCUT2D eigenvalue weighted by molar-refractivity contribution is -0.138. The van der Waals surface area contributed by atoms with Gasteiger partial charge in [-0.1, -0.05) is 121 Å². The first-order valence-electron chi connectivity index (χ1n) is 37.7. The summed E-state index contributed by atoms with van der Waals surface area (Å²) in [5, 5.41) is 52.8. The Hall–Kier alpha value is -8.11. The van der Waals surface area contributed by atoms with E-state index in [1.54, 1.807) is 41.5 Å². The summed E-state index contributed by atoms with van der Waals surface area (Å²) in [4.78, 5) is 204. The number of hydrogen-bond acceptors (Lipinski definition) is 19. The van der Waals surface area contributed by atoms with Crippen LogP contribution in [-0.2, 0) is 71.9 Å². The summed E-state index contributed by atoms with van der Waals surface area (Å²) in [6.45, 7) is 19.6. The predicted molar refractivity (Wildman–Crippen MR) is 393 cm³/mol. The van der Waals surface area contributed by atoms with Crippen LogP contribution in [0.4, 0.5) is 0 Å². The van der Waals surface area contributed by atoms with Gasteiger partial charge < -0.3 is 102 Å². The number of carbonyl (C=O) groups is 15. The fourth-order valence-electron chi connectivity index (χ4n) is 11.9. The zero-order valence-corrected chi connectivity index (χ0v) is 64.2. The minimum absolute atomic E-state index is 0.149. The third-order valence-electron chi connectivity index (χ3n) is 19.1. The second-order valence-electron chi connectivity index (χ2n) is 28.2. The molecule has 0 aromatic carbocycles. The molecule has 0 unspecified atom stereocenters. The van der Waals surface area contributed by atoms with Crippen molar-refractivity contribution in [3.05, 3.63) is 0 Å². The van der Waals surface area contributed by atoms with Crippen molar-refractivity contribution in [2.45, 2.75) is 303 Å². The molecule has 1 aliphatic heterocycles. The molecule has 0 saturated carbocycles. The van der Waals surface area contributed by atoms with E-state index in [1.807, 2.05) is 27.7 Å². The van der Waals surface area contributed by atoms with Gasteiger partial charge in [0.15, 0.2) is 0 Å². The number of likely N-dealkylation sites (tertiary alicyclic amines) is 1. The molecule has 1 rings (SSSR count). The molecule has 15 amide bonds. The van der Waals surface area contributed by atoms with E-state index >= 15 is 0 Å². The number of nitrogens with two attached hydrogens (primary N) is 4. The van der Waals surface area contributed by atoms with Crippen LogP contribution in [0.3, 0.4) is 0 Å². The van der Waals surface area contributed by atoms with Crippen LogP contribution in [0.2, 0.25) is 0 Å².